The molecule has 0 amide bonds. The maximum Gasteiger partial charge on any atom is 0.335 e. The fourth-order valence-electron chi connectivity index (χ4n) is 1.02. The standard InChI is InChI=1S/C8H8N2O4.ClH/c9-4-5-1-6(8(11)12)3-7(2-5)10(13)14;/h1-3H,4,9H2,(H,11,12);1H. The molecule has 3 N–H and O–H groups in total. The van der Waals surface area contributed by atoms with Crippen molar-refractivity contribution in [1.82, 2.24) is 0 Å². The second kappa shape index (κ2) is 5.28. The van der Waals surface area contributed by atoms with E-state index in [1.54, 1.807) is 0 Å². The Morgan fingerprint density at radius 1 is 1.47 bits per heavy atom. The Labute approximate surface area is 91.3 Å². The average molecular weight is 233 g/mol. The highest BCUT2D eigenvalue weighted by Gasteiger charge is 2.12. The molecule has 0 bridgehead atoms. The summed E-state index contributed by atoms with van der Waals surface area (Å²) in [6.45, 7) is 0.0714. The quantitative estimate of drug-likeness (QED) is 0.601. The Hall–Kier alpha value is -1.66. The van der Waals surface area contributed by atoms with E-state index in [1.165, 1.54) is 12.1 Å². The fraction of sp³-hybridized carbons (Fsp3) is 0.125. The monoisotopic (exact) mass is 232 g/mol. The molecule has 7 heteroatoms. The summed E-state index contributed by atoms with van der Waals surface area (Å²) in [6.07, 6.45) is 0. The minimum absolute atomic E-state index is 0. The first kappa shape index (κ1) is 13.3. The molecule has 0 spiro atoms. The van der Waals surface area contributed by atoms with Crippen molar-refractivity contribution >= 4 is 24.1 Å². The van der Waals surface area contributed by atoms with Crippen LogP contribution in [0.5, 0.6) is 0 Å². The third kappa shape index (κ3) is 3.19. The molecule has 0 aliphatic rings. The van der Waals surface area contributed by atoms with Gasteiger partial charge in [0.15, 0.2) is 0 Å². The molecule has 0 atom stereocenters. The Balaban J connectivity index is 0.00000196. The number of carboxylic acid groups (broad SMARTS) is 1. The van der Waals surface area contributed by atoms with Gasteiger partial charge in [-0.25, -0.2) is 4.79 Å². The van der Waals surface area contributed by atoms with Crippen molar-refractivity contribution in [3.05, 3.63) is 39.4 Å². The number of nitrogens with zero attached hydrogens (tertiary/aromatic N) is 1. The van der Waals surface area contributed by atoms with Gasteiger partial charge >= 0.3 is 5.97 Å². The van der Waals surface area contributed by atoms with Gasteiger partial charge in [-0.2, -0.15) is 0 Å². The predicted molar refractivity (Wildman–Crippen MR) is 55.2 cm³/mol. The second-order valence-electron chi connectivity index (χ2n) is 2.65. The molecule has 0 saturated heterocycles. The SMILES string of the molecule is Cl.NCc1cc(C(=O)O)cc([N+](=O)[O-])c1. The number of aromatic carboxylic acids is 1. The summed E-state index contributed by atoms with van der Waals surface area (Å²) in [4.78, 5) is 20.3. The number of nitro groups is 1. The zero-order chi connectivity index (χ0) is 10.7. The van der Waals surface area contributed by atoms with Crippen LogP contribution in [0, 0.1) is 10.1 Å². The van der Waals surface area contributed by atoms with E-state index >= 15 is 0 Å². The molecule has 0 radical (unpaired) electrons. The van der Waals surface area contributed by atoms with Gasteiger partial charge in [0.05, 0.1) is 10.5 Å². The molecular formula is C8H9ClN2O4. The van der Waals surface area contributed by atoms with Gasteiger partial charge in [-0.15, -0.1) is 12.4 Å². The van der Waals surface area contributed by atoms with Crippen LogP contribution >= 0.6 is 12.4 Å². The highest BCUT2D eigenvalue weighted by Crippen LogP contribution is 2.16. The normalized spacial score (nSPS) is 9.13. The molecule has 0 heterocycles. The minimum Gasteiger partial charge on any atom is -0.478 e. The highest BCUT2D eigenvalue weighted by molar-refractivity contribution is 5.88. The molecule has 1 aromatic carbocycles. The number of carbonyl (C=O) groups is 1. The van der Waals surface area contributed by atoms with Gasteiger partial charge in [0.25, 0.3) is 5.69 Å². The van der Waals surface area contributed by atoms with Gasteiger partial charge in [0, 0.05) is 18.7 Å². The molecule has 0 aromatic heterocycles. The lowest BCUT2D eigenvalue weighted by Gasteiger charge is -1.99. The number of carboxylic acids is 1. The van der Waals surface area contributed by atoms with E-state index in [9.17, 15) is 14.9 Å². The molecule has 0 aliphatic heterocycles. The van der Waals surface area contributed by atoms with E-state index in [1.807, 2.05) is 0 Å². The number of halogens is 1. The predicted octanol–water partition coefficient (Wildman–Crippen LogP) is 1.17. The van der Waals surface area contributed by atoms with E-state index in [-0.39, 0.29) is 30.2 Å². The van der Waals surface area contributed by atoms with Crippen LogP contribution in [0.2, 0.25) is 0 Å². The first-order valence-electron chi connectivity index (χ1n) is 3.76. The van der Waals surface area contributed by atoms with Gasteiger partial charge in [-0.05, 0) is 11.6 Å². The van der Waals surface area contributed by atoms with Crippen LogP contribution in [0.3, 0.4) is 0 Å². The lowest BCUT2D eigenvalue weighted by Crippen LogP contribution is -2.03. The summed E-state index contributed by atoms with van der Waals surface area (Å²) >= 11 is 0. The first-order valence-corrected chi connectivity index (χ1v) is 3.76. The van der Waals surface area contributed by atoms with Crippen molar-refractivity contribution in [2.45, 2.75) is 6.54 Å². The number of nitrogens with two attached hydrogens (primary N) is 1. The molecule has 82 valence electrons. The molecular weight excluding hydrogens is 224 g/mol. The summed E-state index contributed by atoms with van der Waals surface area (Å²) < 4.78 is 0. The number of non-ortho nitro benzene ring substituents is 1. The third-order valence-corrected chi connectivity index (χ3v) is 1.67. The van der Waals surface area contributed by atoms with Crippen LogP contribution in [0.4, 0.5) is 5.69 Å². The van der Waals surface area contributed by atoms with Crippen molar-refractivity contribution in [2.24, 2.45) is 5.73 Å². The van der Waals surface area contributed by atoms with Crippen molar-refractivity contribution in [3.63, 3.8) is 0 Å². The van der Waals surface area contributed by atoms with E-state index < -0.39 is 10.9 Å². The van der Waals surface area contributed by atoms with Crippen molar-refractivity contribution in [2.75, 3.05) is 0 Å². The lowest BCUT2D eigenvalue weighted by molar-refractivity contribution is -0.384. The van der Waals surface area contributed by atoms with Gasteiger partial charge in [-0.3, -0.25) is 10.1 Å². The number of rotatable bonds is 3. The summed E-state index contributed by atoms with van der Waals surface area (Å²) in [5, 5.41) is 19.1. The highest BCUT2D eigenvalue weighted by atomic mass is 35.5. The van der Waals surface area contributed by atoms with Crippen molar-refractivity contribution in [1.29, 1.82) is 0 Å². The number of hydrogen-bond donors (Lipinski definition) is 2. The van der Waals surface area contributed by atoms with E-state index in [2.05, 4.69) is 0 Å². The lowest BCUT2D eigenvalue weighted by atomic mass is 10.1. The number of nitro benzene ring substituents is 1. The number of hydrogen-bond acceptors (Lipinski definition) is 4. The summed E-state index contributed by atoms with van der Waals surface area (Å²) in [6, 6.07) is 3.57. The fourth-order valence-corrected chi connectivity index (χ4v) is 1.02. The Morgan fingerprint density at radius 2 is 2.07 bits per heavy atom. The van der Waals surface area contributed by atoms with E-state index in [0.717, 1.165) is 6.07 Å². The summed E-state index contributed by atoms with van der Waals surface area (Å²) in [7, 11) is 0. The topological polar surface area (TPSA) is 106 Å². The zero-order valence-electron chi connectivity index (χ0n) is 7.54. The van der Waals surface area contributed by atoms with Crippen LogP contribution in [-0.4, -0.2) is 16.0 Å². The number of benzene rings is 1. The molecule has 0 unspecified atom stereocenters. The third-order valence-electron chi connectivity index (χ3n) is 1.67. The molecule has 0 aliphatic carbocycles. The molecule has 15 heavy (non-hydrogen) atoms. The second-order valence-corrected chi connectivity index (χ2v) is 2.65. The molecule has 1 aromatic rings. The maximum absolute atomic E-state index is 10.6. The Bertz CT molecular complexity index is 362. The largest absolute Gasteiger partial charge is 0.478 e. The summed E-state index contributed by atoms with van der Waals surface area (Å²) in [5.41, 5.74) is 5.32. The Kier molecular flexibility index (Phi) is 4.69. The average Bonchev–Trinajstić information content (AvgIpc) is 2.16. The van der Waals surface area contributed by atoms with E-state index in [4.69, 9.17) is 10.8 Å². The van der Waals surface area contributed by atoms with Gasteiger partial charge in [-0.1, -0.05) is 0 Å². The summed E-state index contributed by atoms with van der Waals surface area (Å²) in [5.74, 6) is -1.21. The first-order chi connectivity index (χ1) is 6.54. The molecule has 0 fully saturated rings. The molecule has 1 rings (SSSR count). The van der Waals surface area contributed by atoms with Gasteiger partial charge in [0.2, 0.25) is 0 Å². The van der Waals surface area contributed by atoms with Crippen LogP contribution in [0.15, 0.2) is 18.2 Å². The van der Waals surface area contributed by atoms with E-state index in [0.29, 0.717) is 5.56 Å². The van der Waals surface area contributed by atoms with Crippen molar-refractivity contribution in [3.8, 4) is 0 Å². The minimum atomic E-state index is -1.21. The van der Waals surface area contributed by atoms with Crippen LogP contribution in [0.25, 0.3) is 0 Å². The van der Waals surface area contributed by atoms with Crippen LogP contribution < -0.4 is 5.73 Å². The Morgan fingerprint density at radius 3 is 2.47 bits per heavy atom. The smallest absolute Gasteiger partial charge is 0.335 e. The van der Waals surface area contributed by atoms with Gasteiger partial charge in [0.1, 0.15) is 0 Å². The van der Waals surface area contributed by atoms with Crippen LogP contribution in [0.1, 0.15) is 15.9 Å². The van der Waals surface area contributed by atoms with Crippen LogP contribution in [-0.2, 0) is 6.54 Å². The van der Waals surface area contributed by atoms with Crippen molar-refractivity contribution < 1.29 is 14.8 Å². The zero-order valence-corrected chi connectivity index (χ0v) is 8.36. The molecule has 6 nitrogen and oxygen atoms in total. The maximum atomic E-state index is 10.6. The van der Waals surface area contributed by atoms with Gasteiger partial charge < -0.3 is 10.8 Å². The molecule has 0 saturated carbocycles.